The van der Waals surface area contributed by atoms with Crippen LogP contribution in [0.4, 0.5) is 5.69 Å². The van der Waals surface area contributed by atoms with Gasteiger partial charge in [0.05, 0.1) is 28.8 Å². The molecule has 0 amide bonds. The van der Waals surface area contributed by atoms with Gasteiger partial charge in [-0.2, -0.15) is 5.10 Å². The molecule has 36 heavy (non-hydrogen) atoms. The summed E-state index contributed by atoms with van der Waals surface area (Å²) in [5.41, 5.74) is 2.70. The Labute approximate surface area is 212 Å². The van der Waals surface area contributed by atoms with Crippen molar-refractivity contribution in [3.8, 4) is 5.69 Å². The number of carbonyl (C=O) groups excluding carboxylic acids is 1. The van der Waals surface area contributed by atoms with Crippen LogP contribution in [0.15, 0.2) is 30.5 Å². The topological polar surface area (TPSA) is 87.3 Å². The van der Waals surface area contributed by atoms with Crippen LogP contribution in [-0.2, 0) is 20.4 Å². The van der Waals surface area contributed by atoms with Gasteiger partial charge in [-0.1, -0.05) is 32.4 Å². The van der Waals surface area contributed by atoms with Crippen LogP contribution in [0.1, 0.15) is 90.3 Å². The molecular weight excluding hydrogens is 454 g/mol. The number of rotatable bonds is 4. The summed E-state index contributed by atoms with van der Waals surface area (Å²) in [6, 6.07) is 6.95. The molecular formula is C29H37N3O4. The minimum absolute atomic E-state index is 0.0162. The molecule has 0 radical (unpaired) electrons. The first-order valence-electron chi connectivity index (χ1n) is 13.6. The number of ether oxygens (including phenoxy) is 1. The van der Waals surface area contributed by atoms with Crippen molar-refractivity contribution in [1.29, 1.82) is 0 Å². The van der Waals surface area contributed by atoms with E-state index in [1.54, 1.807) is 12.1 Å². The Morgan fingerprint density at radius 1 is 1.14 bits per heavy atom. The summed E-state index contributed by atoms with van der Waals surface area (Å²) in [4.78, 5) is 24.8. The standard InChI is InChI=1S/C29H37N3O4/c1-5-36-25(33)28(4)14-8-13-27(3)22(28)12-16-29-18-26(2,15-11-23(27)29)24-19(29)17-30-31(24)20-9-6-7-10-21(20)32(34)35/h6-7,9-10,17,22-23H,5,8,11-16,18H2,1-4H3/t22-,23-,26-,27+,28+,29+/m0/s1. The molecule has 6 rings (SSSR count). The lowest BCUT2D eigenvalue weighted by Gasteiger charge is -2.64. The normalized spacial score (nSPS) is 38.6. The predicted molar refractivity (Wildman–Crippen MR) is 136 cm³/mol. The smallest absolute Gasteiger partial charge is 0.312 e. The minimum atomic E-state index is -0.429. The van der Waals surface area contributed by atoms with Gasteiger partial charge in [0.25, 0.3) is 5.69 Å². The number of hydrogen-bond donors (Lipinski definition) is 0. The molecule has 6 atom stereocenters. The highest BCUT2D eigenvalue weighted by Gasteiger charge is 2.68. The van der Waals surface area contributed by atoms with Gasteiger partial charge in [0, 0.05) is 22.5 Å². The van der Waals surface area contributed by atoms with Gasteiger partial charge in [-0.3, -0.25) is 14.9 Å². The Morgan fingerprint density at radius 2 is 1.89 bits per heavy atom. The lowest BCUT2D eigenvalue weighted by Crippen LogP contribution is -2.60. The Bertz CT molecular complexity index is 1250. The molecule has 192 valence electrons. The van der Waals surface area contributed by atoms with E-state index in [9.17, 15) is 14.9 Å². The number of benzene rings is 1. The van der Waals surface area contributed by atoms with Crippen molar-refractivity contribution in [3.05, 3.63) is 51.8 Å². The SMILES string of the molecule is CCOC(=O)[C@]1(C)CCC[C@@]2(C)[C@@H]3CC[C@@]4(C)C[C@]3(CC[C@@H]21)c1cnn(-c2ccccc2[N+](=O)[O-])c14. The Morgan fingerprint density at radius 3 is 2.64 bits per heavy atom. The van der Waals surface area contributed by atoms with E-state index in [1.165, 1.54) is 11.3 Å². The van der Waals surface area contributed by atoms with Crippen molar-refractivity contribution >= 4 is 11.7 Å². The van der Waals surface area contributed by atoms with Crippen molar-refractivity contribution < 1.29 is 14.5 Å². The van der Waals surface area contributed by atoms with E-state index in [4.69, 9.17) is 9.84 Å². The molecule has 4 aliphatic rings. The molecule has 1 heterocycles. The van der Waals surface area contributed by atoms with Crippen molar-refractivity contribution in [2.45, 2.75) is 89.9 Å². The monoisotopic (exact) mass is 491 g/mol. The zero-order chi connectivity index (χ0) is 25.5. The average Bonchev–Trinajstić information content (AvgIpc) is 3.36. The van der Waals surface area contributed by atoms with Crippen molar-refractivity contribution in [2.75, 3.05) is 6.61 Å². The van der Waals surface area contributed by atoms with Crippen molar-refractivity contribution in [2.24, 2.45) is 22.7 Å². The first kappa shape index (κ1) is 23.7. The molecule has 1 spiro atoms. The molecule has 2 aromatic rings. The van der Waals surface area contributed by atoms with Crippen LogP contribution in [0.5, 0.6) is 0 Å². The fourth-order valence-electron chi connectivity index (χ4n) is 9.68. The second-order valence-corrected chi connectivity index (χ2v) is 12.6. The second kappa shape index (κ2) is 7.65. The van der Waals surface area contributed by atoms with E-state index < -0.39 is 5.41 Å². The summed E-state index contributed by atoms with van der Waals surface area (Å²) < 4.78 is 7.50. The van der Waals surface area contributed by atoms with E-state index in [2.05, 4.69) is 20.8 Å². The average molecular weight is 492 g/mol. The molecule has 0 N–H and O–H groups in total. The molecule has 1 aromatic heterocycles. The molecule has 3 saturated carbocycles. The van der Waals surface area contributed by atoms with Crippen LogP contribution >= 0.6 is 0 Å². The van der Waals surface area contributed by atoms with Crippen LogP contribution in [0.25, 0.3) is 5.69 Å². The third-order valence-corrected chi connectivity index (χ3v) is 10.9. The summed E-state index contributed by atoms with van der Waals surface area (Å²) in [7, 11) is 0. The highest BCUT2D eigenvalue weighted by molar-refractivity contribution is 5.77. The van der Waals surface area contributed by atoms with E-state index in [0.717, 1.165) is 51.4 Å². The number of nitro groups is 1. The number of aromatic nitrogens is 2. The predicted octanol–water partition coefficient (Wildman–Crippen LogP) is 6.26. The maximum absolute atomic E-state index is 13.2. The fraction of sp³-hybridized carbons (Fsp3) is 0.655. The molecule has 1 aromatic carbocycles. The van der Waals surface area contributed by atoms with Crippen LogP contribution in [-0.4, -0.2) is 27.3 Å². The maximum atomic E-state index is 13.2. The van der Waals surface area contributed by atoms with Crippen LogP contribution in [0.3, 0.4) is 0 Å². The van der Waals surface area contributed by atoms with Gasteiger partial charge in [-0.25, -0.2) is 4.68 Å². The number of para-hydroxylation sites is 2. The maximum Gasteiger partial charge on any atom is 0.312 e. The van der Waals surface area contributed by atoms with E-state index in [1.807, 2.05) is 29.9 Å². The molecule has 7 nitrogen and oxygen atoms in total. The molecule has 0 aliphatic heterocycles. The lowest BCUT2D eigenvalue weighted by molar-refractivity contribution is -0.384. The van der Waals surface area contributed by atoms with E-state index in [-0.39, 0.29) is 32.8 Å². The van der Waals surface area contributed by atoms with Crippen LogP contribution < -0.4 is 0 Å². The third-order valence-electron chi connectivity index (χ3n) is 10.9. The molecule has 0 unspecified atom stereocenters. The van der Waals surface area contributed by atoms with Gasteiger partial charge in [0.1, 0.15) is 5.69 Å². The summed E-state index contributed by atoms with van der Waals surface area (Å²) in [6.45, 7) is 9.27. The molecule has 0 saturated heterocycles. The quantitative estimate of drug-likeness (QED) is 0.286. The third kappa shape index (κ3) is 2.86. The highest BCUT2D eigenvalue weighted by Crippen LogP contribution is 2.73. The fourth-order valence-corrected chi connectivity index (χ4v) is 9.68. The lowest BCUT2D eigenvalue weighted by atomic mass is 9.40. The first-order valence-corrected chi connectivity index (χ1v) is 13.6. The number of hydrogen-bond acceptors (Lipinski definition) is 5. The molecule has 4 aliphatic carbocycles. The minimum Gasteiger partial charge on any atom is -0.466 e. The van der Waals surface area contributed by atoms with Crippen molar-refractivity contribution in [3.63, 3.8) is 0 Å². The van der Waals surface area contributed by atoms with Crippen LogP contribution in [0.2, 0.25) is 0 Å². The summed E-state index contributed by atoms with van der Waals surface area (Å²) >= 11 is 0. The van der Waals surface area contributed by atoms with Crippen LogP contribution in [0, 0.1) is 32.8 Å². The Hall–Kier alpha value is -2.70. The number of esters is 1. The van der Waals surface area contributed by atoms with E-state index >= 15 is 0 Å². The van der Waals surface area contributed by atoms with Crippen molar-refractivity contribution in [1.82, 2.24) is 9.78 Å². The molecule has 2 bridgehead atoms. The molecule has 3 fully saturated rings. The Balaban J connectivity index is 1.46. The van der Waals surface area contributed by atoms with Gasteiger partial charge in [0.2, 0.25) is 0 Å². The zero-order valence-electron chi connectivity index (χ0n) is 21.9. The van der Waals surface area contributed by atoms with Gasteiger partial charge in [0.15, 0.2) is 0 Å². The highest BCUT2D eigenvalue weighted by atomic mass is 16.6. The van der Waals surface area contributed by atoms with Gasteiger partial charge < -0.3 is 4.74 Å². The number of fused-ring (bicyclic) bond motifs is 5. The molecule has 7 heteroatoms. The first-order chi connectivity index (χ1) is 17.1. The largest absolute Gasteiger partial charge is 0.466 e. The van der Waals surface area contributed by atoms with Gasteiger partial charge in [-0.05, 0) is 82.1 Å². The summed E-state index contributed by atoms with van der Waals surface area (Å²) in [5, 5.41) is 16.7. The van der Waals surface area contributed by atoms with Gasteiger partial charge >= 0.3 is 5.97 Å². The summed E-state index contributed by atoms with van der Waals surface area (Å²) in [5.74, 6) is 0.761. The Kier molecular flexibility index (Phi) is 5.04. The second-order valence-electron chi connectivity index (χ2n) is 12.6. The van der Waals surface area contributed by atoms with E-state index in [0.29, 0.717) is 24.1 Å². The number of carbonyl (C=O) groups is 1. The zero-order valence-corrected chi connectivity index (χ0v) is 21.9. The van der Waals surface area contributed by atoms with Gasteiger partial charge in [-0.15, -0.1) is 0 Å². The number of nitro benzene ring substituents is 1. The summed E-state index contributed by atoms with van der Waals surface area (Å²) in [6.07, 6.45) is 10.4. The number of nitrogens with zero attached hydrogens (tertiary/aromatic N) is 3.